The Morgan fingerprint density at radius 3 is 2.63 bits per heavy atom. The van der Waals surface area contributed by atoms with Crippen LogP contribution in [-0.2, 0) is 19.0 Å². The number of hydrogen-bond donors (Lipinski definition) is 0. The van der Waals surface area contributed by atoms with Crippen LogP contribution in [-0.4, -0.2) is 38.0 Å². The van der Waals surface area contributed by atoms with E-state index in [1.54, 1.807) is 7.11 Å². The molecule has 1 aliphatic rings. The zero-order valence-corrected chi connectivity index (χ0v) is 12.9. The molecule has 3 unspecified atom stereocenters. The minimum Gasteiger partial charge on any atom is -0.460 e. The maximum Gasteiger partial charge on any atom is 0.309 e. The highest BCUT2D eigenvalue weighted by molar-refractivity contribution is 5.72. The lowest BCUT2D eigenvalue weighted by Gasteiger charge is -2.30. The van der Waals surface area contributed by atoms with Gasteiger partial charge in [0, 0.05) is 13.7 Å². The SMILES string of the molecule is COC1COCCCC(C(C)C(=O)OC(C)(C)C)C1. The molecule has 4 heteroatoms. The first kappa shape index (κ1) is 16.4. The molecule has 0 saturated carbocycles. The summed E-state index contributed by atoms with van der Waals surface area (Å²) >= 11 is 0. The standard InChI is InChI=1S/C15H28O4/c1-11(14(16)19-15(2,3)4)12-7-6-8-18-10-13(9-12)17-5/h11-13H,6-10H2,1-5H3. The molecule has 4 nitrogen and oxygen atoms in total. The number of carbonyl (C=O) groups excluding carboxylic acids is 1. The molecule has 1 rings (SSSR count). The Balaban J connectivity index is 2.61. The Morgan fingerprint density at radius 1 is 1.37 bits per heavy atom. The number of methoxy groups -OCH3 is 1. The van der Waals surface area contributed by atoms with E-state index >= 15 is 0 Å². The molecule has 19 heavy (non-hydrogen) atoms. The molecular weight excluding hydrogens is 244 g/mol. The van der Waals surface area contributed by atoms with Gasteiger partial charge in [0.1, 0.15) is 5.60 Å². The van der Waals surface area contributed by atoms with E-state index in [9.17, 15) is 4.79 Å². The largest absolute Gasteiger partial charge is 0.460 e. The molecule has 0 bridgehead atoms. The maximum atomic E-state index is 12.2. The molecule has 0 aromatic rings. The van der Waals surface area contributed by atoms with Crippen molar-refractivity contribution < 1.29 is 19.0 Å². The van der Waals surface area contributed by atoms with Crippen molar-refractivity contribution in [3.05, 3.63) is 0 Å². The fourth-order valence-corrected chi connectivity index (χ4v) is 2.39. The van der Waals surface area contributed by atoms with Gasteiger partial charge in [-0.05, 0) is 46.0 Å². The maximum absolute atomic E-state index is 12.2. The lowest BCUT2D eigenvalue weighted by Crippen LogP contribution is -2.34. The average Bonchev–Trinajstić information content (AvgIpc) is 2.26. The molecule has 1 saturated heterocycles. The zero-order chi connectivity index (χ0) is 14.5. The van der Waals surface area contributed by atoms with Gasteiger partial charge in [0.05, 0.1) is 18.6 Å². The molecule has 0 radical (unpaired) electrons. The van der Waals surface area contributed by atoms with Crippen LogP contribution in [0.15, 0.2) is 0 Å². The molecule has 0 aromatic carbocycles. The number of ether oxygens (including phenoxy) is 3. The van der Waals surface area contributed by atoms with Crippen LogP contribution in [0.1, 0.15) is 47.0 Å². The Kier molecular flexibility index (Phi) is 6.27. The van der Waals surface area contributed by atoms with Crippen LogP contribution >= 0.6 is 0 Å². The molecule has 0 amide bonds. The predicted octanol–water partition coefficient (Wildman–Crippen LogP) is 2.80. The Hall–Kier alpha value is -0.610. The van der Waals surface area contributed by atoms with Crippen molar-refractivity contribution in [2.75, 3.05) is 20.3 Å². The predicted molar refractivity (Wildman–Crippen MR) is 74.0 cm³/mol. The van der Waals surface area contributed by atoms with Gasteiger partial charge in [-0.3, -0.25) is 4.79 Å². The van der Waals surface area contributed by atoms with Gasteiger partial charge in [0.2, 0.25) is 0 Å². The first-order valence-corrected chi connectivity index (χ1v) is 7.17. The van der Waals surface area contributed by atoms with Crippen molar-refractivity contribution in [1.82, 2.24) is 0 Å². The van der Waals surface area contributed by atoms with Crippen molar-refractivity contribution in [2.45, 2.75) is 58.7 Å². The molecule has 1 fully saturated rings. The molecular formula is C15H28O4. The first-order chi connectivity index (χ1) is 8.83. The van der Waals surface area contributed by atoms with Gasteiger partial charge in [-0.1, -0.05) is 6.92 Å². The Morgan fingerprint density at radius 2 is 2.05 bits per heavy atom. The number of rotatable bonds is 3. The molecule has 3 atom stereocenters. The van der Waals surface area contributed by atoms with Gasteiger partial charge in [-0.25, -0.2) is 0 Å². The van der Waals surface area contributed by atoms with Gasteiger partial charge >= 0.3 is 5.97 Å². The van der Waals surface area contributed by atoms with Crippen LogP contribution in [0.2, 0.25) is 0 Å². The van der Waals surface area contributed by atoms with Gasteiger partial charge in [-0.15, -0.1) is 0 Å². The molecule has 1 aliphatic heterocycles. The second-order valence-electron chi connectivity index (χ2n) is 6.39. The smallest absolute Gasteiger partial charge is 0.309 e. The third-order valence-electron chi connectivity index (χ3n) is 3.55. The van der Waals surface area contributed by atoms with Crippen molar-refractivity contribution in [3.8, 4) is 0 Å². The van der Waals surface area contributed by atoms with Gasteiger partial charge in [0.25, 0.3) is 0 Å². The third kappa shape index (κ3) is 5.91. The van der Waals surface area contributed by atoms with Gasteiger partial charge < -0.3 is 14.2 Å². The number of carbonyl (C=O) groups is 1. The van der Waals surface area contributed by atoms with Crippen LogP contribution in [0.5, 0.6) is 0 Å². The summed E-state index contributed by atoms with van der Waals surface area (Å²) in [4.78, 5) is 12.2. The van der Waals surface area contributed by atoms with Crippen LogP contribution in [0, 0.1) is 11.8 Å². The second-order valence-corrected chi connectivity index (χ2v) is 6.39. The van der Waals surface area contributed by atoms with Crippen molar-refractivity contribution in [3.63, 3.8) is 0 Å². The van der Waals surface area contributed by atoms with E-state index in [1.165, 1.54) is 0 Å². The van der Waals surface area contributed by atoms with Gasteiger partial charge in [0.15, 0.2) is 0 Å². The highest BCUT2D eigenvalue weighted by Gasteiger charge is 2.31. The average molecular weight is 272 g/mol. The second kappa shape index (κ2) is 7.25. The minimum atomic E-state index is -0.420. The summed E-state index contributed by atoms with van der Waals surface area (Å²) in [7, 11) is 1.70. The summed E-state index contributed by atoms with van der Waals surface area (Å²) in [5.41, 5.74) is -0.420. The molecule has 0 N–H and O–H groups in total. The summed E-state index contributed by atoms with van der Waals surface area (Å²) in [5.74, 6) is 0.118. The first-order valence-electron chi connectivity index (χ1n) is 7.17. The fraction of sp³-hybridized carbons (Fsp3) is 0.933. The Bertz CT molecular complexity index is 282. The summed E-state index contributed by atoms with van der Waals surface area (Å²) in [6.07, 6.45) is 2.92. The lowest BCUT2D eigenvalue weighted by atomic mass is 9.84. The van der Waals surface area contributed by atoms with Crippen molar-refractivity contribution >= 4 is 5.97 Å². The van der Waals surface area contributed by atoms with E-state index in [2.05, 4.69) is 0 Å². The number of hydrogen-bond acceptors (Lipinski definition) is 4. The fourth-order valence-electron chi connectivity index (χ4n) is 2.39. The third-order valence-corrected chi connectivity index (χ3v) is 3.55. The summed E-state index contributed by atoms with van der Waals surface area (Å²) in [6, 6.07) is 0. The quantitative estimate of drug-likeness (QED) is 0.741. The van der Waals surface area contributed by atoms with E-state index in [4.69, 9.17) is 14.2 Å². The van der Waals surface area contributed by atoms with Crippen LogP contribution in [0.3, 0.4) is 0 Å². The summed E-state index contributed by atoms with van der Waals surface area (Å²) < 4.78 is 16.4. The molecule has 0 aromatic heterocycles. The van der Waals surface area contributed by atoms with Crippen LogP contribution in [0.4, 0.5) is 0 Å². The molecule has 112 valence electrons. The molecule has 0 aliphatic carbocycles. The van der Waals surface area contributed by atoms with Crippen molar-refractivity contribution in [1.29, 1.82) is 0 Å². The van der Waals surface area contributed by atoms with Crippen molar-refractivity contribution in [2.24, 2.45) is 11.8 Å². The molecule has 1 heterocycles. The molecule has 0 spiro atoms. The summed E-state index contributed by atoms with van der Waals surface area (Å²) in [5, 5.41) is 0. The lowest BCUT2D eigenvalue weighted by molar-refractivity contribution is -0.162. The monoisotopic (exact) mass is 272 g/mol. The van der Waals surface area contributed by atoms with E-state index in [1.807, 2.05) is 27.7 Å². The highest BCUT2D eigenvalue weighted by Crippen LogP contribution is 2.28. The van der Waals surface area contributed by atoms with E-state index in [-0.39, 0.29) is 18.0 Å². The van der Waals surface area contributed by atoms with Crippen LogP contribution in [0.25, 0.3) is 0 Å². The van der Waals surface area contributed by atoms with E-state index in [0.29, 0.717) is 12.5 Å². The van der Waals surface area contributed by atoms with E-state index < -0.39 is 5.60 Å². The zero-order valence-electron chi connectivity index (χ0n) is 12.9. The Labute approximate surface area is 116 Å². The highest BCUT2D eigenvalue weighted by atomic mass is 16.6. The normalized spacial score (nSPS) is 27.2. The summed E-state index contributed by atoms with van der Waals surface area (Å²) in [6.45, 7) is 9.05. The topological polar surface area (TPSA) is 44.8 Å². The van der Waals surface area contributed by atoms with Crippen LogP contribution < -0.4 is 0 Å². The van der Waals surface area contributed by atoms with Gasteiger partial charge in [-0.2, -0.15) is 0 Å². The minimum absolute atomic E-state index is 0.0789. The van der Waals surface area contributed by atoms with E-state index in [0.717, 1.165) is 25.9 Å². The number of esters is 1.